The van der Waals surface area contributed by atoms with E-state index < -0.39 is 9.84 Å². The zero-order valence-corrected chi connectivity index (χ0v) is 16.6. The molecule has 1 N–H and O–H groups in total. The van der Waals surface area contributed by atoms with Crippen molar-refractivity contribution in [3.8, 4) is 0 Å². The molecule has 144 valence electrons. The van der Waals surface area contributed by atoms with Crippen LogP contribution in [0.4, 0.5) is 0 Å². The van der Waals surface area contributed by atoms with Gasteiger partial charge in [0.25, 0.3) is 5.91 Å². The molecular weight excluding hydrogens is 360 g/mol. The first kappa shape index (κ1) is 19.6. The standard InChI is InChI=1S/C21H26N2O3S/c1-3-19(23-13-12-16-6-4-5-7-18(16)15-23)14-22-21(24)17-8-10-20(11-9-17)27(2,25)26/h4-11,19H,3,12-15H2,1-2H3,(H,22,24). The van der Waals surface area contributed by atoms with Crippen molar-refractivity contribution in [1.29, 1.82) is 0 Å². The van der Waals surface area contributed by atoms with E-state index >= 15 is 0 Å². The third-order valence-corrected chi connectivity index (χ3v) is 6.32. The van der Waals surface area contributed by atoms with Gasteiger partial charge in [0.1, 0.15) is 0 Å². The van der Waals surface area contributed by atoms with Crippen LogP contribution in [0.5, 0.6) is 0 Å². The van der Waals surface area contributed by atoms with Crippen molar-refractivity contribution in [1.82, 2.24) is 10.2 Å². The summed E-state index contributed by atoms with van der Waals surface area (Å²) < 4.78 is 23.0. The third kappa shape index (κ3) is 4.76. The molecule has 0 saturated heterocycles. The van der Waals surface area contributed by atoms with E-state index in [2.05, 4.69) is 41.4 Å². The van der Waals surface area contributed by atoms with E-state index in [0.717, 1.165) is 32.2 Å². The van der Waals surface area contributed by atoms with Crippen LogP contribution >= 0.6 is 0 Å². The molecule has 0 fully saturated rings. The second-order valence-corrected chi connectivity index (χ2v) is 9.07. The summed E-state index contributed by atoms with van der Waals surface area (Å²) in [5, 5.41) is 3.00. The Morgan fingerprint density at radius 1 is 1.11 bits per heavy atom. The molecule has 1 aliphatic rings. The molecule has 5 nitrogen and oxygen atoms in total. The zero-order chi connectivity index (χ0) is 19.4. The Morgan fingerprint density at radius 2 is 1.78 bits per heavy atom. The van der Waals surface area contributed by atoms with Gasteiger partial charge in [0.2, 0.25) is 0 Å². The van der Waals surface area contributed by atoms with Crippen LogP contribution in [0.1, 0.15) is 34.8 Å². The predicted molar refractivity (Wildman–Crippen MR) is 107 cm³/mol. The van der Waals surface area contributed by atoms with Crippen molar-refractivity contribution >= 4 is 15.7 Å². The molecule has 0 aliphatic carbocycles. The molecule has 27 heavy (non-hydrogen) atoms. The maximum absolute atomic E-state index is 12.4. The lowest BCUT2D eigenvalue weighted by Crippen LogP contribution is -2.45. The van der Waals surface area contributed by atoms with Crippen LogP contribution in [0.15, 0.2) is 53.4 Å². The summed E-state index contributed by atoms with van der Waals surface area (Å²) in [6.07, 6.45) is 3.15. The lowest BCUT2D eigenvalue weighted by molar-refractivity contribution is 0.0926. The maximum Gasteiger partial charge on any atom is 0.251 e. The number of nitrogens with one attached hydrogen (secondary N) is 1. The smallest absolute Gasteiger partial charge is 0.251 e. The predicted octanol–water partition coefficient (Wildman–Crippen LogP) is 2.66. The van der Waals surface area contributed by atoms with Crippen LogP contribution in [0.2, 0.25) is 0 Å². The Labute approximate surface area is 161 Å². The molecule has 1 atom stereocenters. The van der Waals surface area contributed by atoms with Crippen LogP contribution in [-0.2, 0) is 22.8 Å². The van der Waals surface area contributed by atoms with Gasteiger partial charge >= 0.3 is 0 Å². The molecule has 0 saturated carbocycles. The summed E-state index contributed by atoms with van der Waals surface area (Å²) in [4.78, 5) is 15.1. The minimum absolute atomic E-state index is 0.175. The highest BCUT2D eigenvalue weighted by Gasteiger charge is 2.22. The van der Waals surface area contributed by atoms with Gasteiger partial charge in [-0.05, 0) is 48.2 Å². The summed E-state index contributed by atoms with van der Waals surface area (Å²) >= 11 is 0. The Balaban J connectivity index is 1.60. The summed E-state index contributed by atoms with van der Waals surface area (Å²) in [5.74, 6) is -0.175. The van der Waals surface area contributed by atoms with Gasteiger partial charge in [0.05, 0.1) is 4.90 Å². The van der Waals surface area contributed by atoms with Crippen LogP contribution < -0.4 is 5.32 Å². The summed E-state index contributed by atoms with van der Waals surface area (Å²) in [7, 11) is -3.25. The number of carbonyl (C=O) groups excluding carboxylic acids is 1. The van der Waals surface area contributed by atoms with Crippen molar-refractivity contribution in [3.05, 3.63) is 65.2 Å². The maximum atomic E-state index is 12.4. The molecule has 2 aromatic carbocycles. The SMILES string of the molecule is CCC(CNC(=O)c1ccc(S(C)(=O)=O)cc1)N1CCc2ccccc2C1. The van der Waals surface area contributed by atoms with E-state index in [9.17, 15) is 13.2 Å². The van der Waals surface area contributed by atoms with E-state index in [1.165, 1.54) is 23.3 Å². The average molecular weight is 387 g/mol. The Morgan fingerprint density at radius 3 is 2.41 bits per heavy atom. The first-order valence-electron chi connectivity index (χ1n) is 9.27. The van der Waals surface area contributed by atoms with E-state index in [0.29, 0.717) is 12.1 Å². The molecule has 1 aliphatic heterocycles. The van der Waals surface area contributed by atoms with E-state index in [1.54, 1.807) is 12.1 Å². The van der Waals surface area contributed by atoms with Gasteiger partial charge in [-0.25, -0.2) is 8.42 Å². The number of carbonyl (C=O) groups is 1. The first-order valence-corrected chi connectivity index (χ1v) is 11.2. The zero-order valence-electron chi connectivity index (χ0n) is 15.8. The number of fused-ring (bicyclic) bond motifs is 1. The van der Waals surface area contributed by atoms with Gasteiger partial charge in [0, 0.05) is 37.5 Å². The normalized spacial score (nSPS) is 15.8. The van der Waals surface area contributed by atoms with Crippen LogP contribution in [0.25, 0.3) is 0 Å². The molecular formula is C21H26N2O3S. The highest BCUT2D eigenvalue weighted by Crippen LogP contribution is 2.21. The van der Waals surface area contributed by atoms with Crippen molar-refractivity contribution < 1.29 is 13.2 Å². The molecule has 0 aromatic heterocycles. The molecule has 0 bridgehead atoms. The van der Waals surface area contributed by atoms with Crippen LogP contribution in [0, 0.1) is 0 Å². The van der Waals surface area contributed by atoms with E-state index in [-0.39, 0.29) is 16.8 Å². The lowest BCUT2D eigenvalue weighted by atomic mass is 9.98. The molecule has 1 unspecified atom stereocenters. The van der Waals surface area contributed by atoms with Gasteiger partial charge in [-0.15, -0.1) is 0 Å². The number of nitrogens with zero attached hydrogens (tertiary/aromatic N) is 1. The monoisotopic (exact) mass is 386 g/mol. The largest absolute Gasteiger partial charge is 0.350 e. The Kier molecular flexibility index (Phi) is 5.97. The van der Waals surface area contributed by atoms with Crippen molar-refractivity contribution in [3.63, 3.8) is 0 Å². The Hall–Kier alpha value is -2.18. The molecule has 2 aromatic rings. The minimum atomic E-state index is -3.25. The number of benzene rings is 2. The fraction of sp³-hybridized carbons (Fsp3) is 0.381. The highest BCUT2D eigenvalue weighted by atomic mass is 32.2. The highest BCUT2D eigenvalue weighted by molar-refractivity contribution is 7.90. The fourth-order valence-electron chi connectivity index (χ4n) is 3.53. The average Bonchev–Trinajstić information content (AvgIpc) is 2.67. The number of sulfone groups is 1. The van der Waals surface area contributed by atoms with Gasteiger partial charge in [-0.2, -0.15) is 0 Å². The van der Waals surface area contributed by atoms with E-state index in [4.69, 9.17) is 0 Å². The number of hydrogen-bond donors (Lipinski definition) is 1. The van der Waals surface area contributed by atoms with Gasteiger partial charge in [-0.3, -0.25) is 9.69 Å². The number of rotatable bonds is 6. The Bertz CT molecular complexity index is 907. The topological polar surface area (TPSA) is 66.5 Å². The van der Waals surface area contributed by atoms with Gasteiger partial charge in [0.15, 0.2) is 9.84 Å². The van der Waals surface area contributed by atoms with Crippen molar-refractivity contribution in [2.24, 2.45) is 0 Å². The molecule has 0 spiro atoms. The molecule has 3 rings (SSSR count). The minimum Gasteiger partial charge on any atom is -0.350 e. The van der Waals surface area contributed by atoms with Gasteiger partial charge in [-0.1, -0.05) is 31.2 Å². The molecule has 0 radical (unpaired) electrons. The second-order valence-electron chi connectivity index (χ2n) is 7.06. The second kappa shape index (κ2) is 8.23. The summed E-state index contributed by atoms with van der Waals surface area (Å²) in [6, 6.07) is 14.9. The van der Waals surface area contributed by atoms with Crippen LogP contribution in [0.3, 0.4) is 0 Å². The lowest BCUT2D eigenvalue weighted by Gasteiger charge is -2.35. The number of hydrogen-bond acceptors (Lipinski definition) is 4. The van der Waals surface area contributed by atoms with Crippen molar-refractivity contribution in [2.45, 2.75) is 37.2 Å². The molecule has 1 amide bonds. The number of amides is 1. The van der Waals surface area contributed by atoms with Crippen molar-refractivity contribution in [2.75, 3.05) is 19.3 Å². The molecule has 6 heteroatoms. The summed E-state index contributed by atoms with van der Waals surface area (Å²) in [6.45, 7) is 4.62. The first-order chi connectivity index (χ1) is 12.9. The quantitative estimate of drug-likeness (QED) is 0.829. The molecule has 1 heterocycles. The summed E-state index contributed by atoms with van der Waals surface area (Å²) in [5.41, 5.74) is 3.25. The fourth-order valence-corrected chi connectivity index (χ4v) is 4.16. The van der Waals surface area contributed by atoms with Gasteiger partial charge < -0.3 is 5.32 Å². The third-order valence-electron chi connectivity index (χ3n) is 5.19. The van der Waals surface area contributed by atoms with Crippen LogP contribution in [-0.4, -0.2) is 44.6 Å². The van der Waals surface area contributed by atoms with E-state index in [1.807, 2.05) is 0 Å².